The Hall–Kier alpha value is -0.260. The van der Waals surface area contributed by atoms with Crippen LogP contribution < -0.4 is 0 Å². The molecule has 6 nitrogen and oxygen atoms in total. The van der Waals surface area contributed by atoms with Crippen molar-refractivity contribution in [1.82, 2.24) is 0 Å². The van der Waals surface area contributed by atoms with E-state index in [1.807, 2.05) is 0 Å². The number of carbonyl (C=O) groups is 2. The minimum absolute atomic E-state index is 0.150. The molecule has 0 aliphatic rings. The summed E-state index contributed by atoms with van der Waals surface area (Å²) in [4.78, 5) is 19.9. The molecule has 0 atom stereocenters. The van der Waals surface area contributed by atoms with Crippen molar-refractivity contribution in [2.24, 2.45) is 0 Å². The fourth-order valence-corrected chi connectivity index (χ4v) is 0.830. The molecule has 0 unspecified atom stereocenters. The largest absolute Gasteiger partial charge is 0.511 e. The molecule has 0 rings (SSSR count). The van der Waals surface area contributed by atoms with E-state index in [4.69, 9.17) is 10.2 Å². The number of carboxylic acid groups (broad SMARTS) is 2. The zero-order valence-electron chi connectivity index (χ0n) is 5.28. The summed E-state index contributed by atoms with van der Waals surface area (Å²) in [7, 11) is 0. The van der Waals surface area contributed by atoms with E-state index < -0.39 is 12.3 Å². The molecule has 0 aromatic rings. The molecule has 0 saturated carbocycles. The first-order valence-electron chi connectivity index (χ1n) is 2.30. The molecule has 0 aliphatic heterocycles. The van der Waals surface area contributed by atoms with E-state index in [0.717, 1.165) is 0 Å². The van der Waals surface area contributed by atoms with Crippen LogP contribution >= 0.6 is 45.2 Å². The highest BCUT2D eigenvalue weighted by molar-refractivity contribution is 14.1. The van der Waals surface area contributed by atoms with Gasteiger partial charge in [0.1, 0.15) is 0 Å². The van der Waals surface area contributed by atoms with E-state index in [0.29, 0.717) is 0 Å². The average Bonchev–Trinajstić information content (AvgIpc) is 1.84. The molecule has 0 fully saturated rings. The van der Waals surface area contributed by atoms with E-state index in [1.165, 1.54) is 45.2 Å². The molecule has 12 heavy (non-hydrogen) atoms. The summed E-state index contributed by atoms with van der Waals surface area (Å²) < 4.78 is 7.90. The minimum Gasteiger partial charge on any atom is -0.449 e. The van der Waals surface area contributed by atoms with Crippen LogP contribution in [0, 0.1) is 0 Å². The third kappa shape index (κ3) is 5.40. The topological polar surface area (TPSA) is 93.1 Å². The second kappa shape index (κ2) is 5.40. The molecular formula is C4H2I2O6. The summed E-state index contributed by atoms with van der Waals surface area (Å²) in [5.41, 5.74) is 0. The number of rotatable bonds is 2. The van der Waals surface area contributed by atoms with Gasteiger partial charge in [-0.3, -0.25) is 0 Å². The van der Waals surface area contributed by atoms with Gasteiger partial charge in [0, 0.05) is 45.2 Å². The van der Waals surface area contributed by atoms with Gasteiger partial charge in [0.15, 0.2) is 0 Å². The molecule has 0 amide bonds. The van der Waals surface area contributed by atoms with Gasteiger partial charge in [0.05, 0.1) is 0 Å². The second-order valence-electron chi connectivity index (χ2n) is 1.28. The highest BCUT2D eigenvalue weighted by Gasteiger charge is 2.10. The van der Waals surface area contributed by atoms with E-state index in [9.17, 15) is 9.59 Å². The van der Waals surface area contributed by atoms with Gasteiger partial charge in [-0.05, 0) is 0 Å². The molecule has 0 aliphatic carbocycles. The molecule has 0 spiro atoms. The van der Waals surface area contributed by atoms with E-state index in [1.54, 1.807) is 0 Å². The first-order chi connectivity index (χ1) is 5.43. The number of ether oxygens (including phenoxy) is 2. The van der Waals surface area contributed by atoms with Gasteiger partial charge in [-0.25, -0.2) is 9.59 Å². The molecule has 0 bridgehead atoms. The van der Waals surface area contributed by atoms with Crippen molar-refractivity contribution < 1.29 is 29.3 Å². The summed E-state index contributed by atoms with van der Waals surface area (Å²) in [6.45, 7) is 0. The van der Waals surface area contributed by atoms with Crippen molar-refractivity contribution in [3.8, 4) is 0 Å². The maximum absolute atomic E-state index is 9.93. The van der Waals surface area contributed by atoms with Crippen LogP contribution in [0.5, 0.6) is 0 Å². The Balaban J connectivity index is 4.25. The molecular weight excluding hydrogens is 398 g/mol. The third-order valence-electron chi connectivity index (χ3n) is 0.508. The first-order valence-corrected chi connectivity index (χ1v) is 4.46. The van der Waals surface area contributed by atoms with Gasteiger partial charge in [0.2, 0.25) is 7.53 Å². The number of hydrogen-bond donors (Lipinski definition) is 2. The van der Waals surface area contributed by atoms with Crippen molar-refractivity contribution in [3.63, 3.8) is 0 Å². The van der Waals surface area contributed by atoms with Crippen molar-refractivity contribution in [2.45, 2.75) is 0 Å². The van der Waals surface area contributed by atoms with E-state index in [2.05, 4.69) is 9.47 Å². The van der Waals surface area contributed by atoms with E-state index in [-0.39, 0.29) is 7.53 Å². The number of halogens is 2. The zero-order valence-corrected chi connectivity index (χ0v) is 9.60. The van der Waals surface area contributed by atoms with Crippen LogP contribution in [0.2, 0.25) is 0 Å². The Morgan fingerprint density at radius 1 is 0.917 bits per heavy atom. The monoisotopic (exact) mass is 400 g/mol. The molecule has 68 valence electrons. The predicted octanol–water partition coefficient (Wildman–Crippen LogP) is 2.37. The van der Waals surface area contributed by atoms with Crippen LogP contribution in [0.4, 0.5) is 9.59 Å². The Labute approximate surface area is 93.8 Å². The Morgan fingerprint density at radius 3 is 1.33 bits per heavy atom. The Bertz CT molecular complexity index is 210. The lowest BCUT2D eigenvalue weighted by Crippen LogP contribution is -2.01. The van der Waals surface area contributed by atoms with Crippen LogP contribution in [0.1, 0.15) is 0 Å². The lowest BCUT2D eigenvalue weighted by molar-refractivity contribution is 0.112. The maximum atomic E-state index is 9.93. The van der Waals surface area contributed by atoms with Crippen LogP contribution in [-0.2, 0) is 9.47 Å². The summed E-state index contributed by atoms with van der Waals surface area (Å²) in [6, 6.07) is 0. The fourth-order valence-electron chi connectivity index (χ4n) is 0.234. The molecule has 0 saturated heterocycles. The Kier molecular flexibility index (Phi) is 5.28. The van der Waals surface area contributed by atoms with Crippen molar-refractivity contribution in [1.29, 1.82) is 0 Å². The molecule has 0 aromatic heterocycles. The molecule has 2 N–H and O–H groups in total. The molecule has 8 heteroatoms. The fraction of sp³-hybridized carbons (Fsp3) is 0. The zero-order chi connectivity index (χ0) is 9.72. The standard InChI is InChI=1S/C4H2I2O6/c5-1(11-3(7)8)2(6)12-4(9)10/h(H,7,8)(H,9,10)/b2-1+. The van der Waals surface area contributed by atoms with E-state index >= 15 is 0 Å². The summed E-state index contributed by atoms with van der Waals surface area (Å²) in [5, 5.41) is 16.2. The lowest BCUT2D eigenvalue weighted by Gasteiger charge is -2.00. The van der Waals surface area contributed by atoms with Gasteiger partial charge in [-0.2, -0.15) is 0 Å². The summed E-state index contributed by atoms with van der Waals surface area (Å²) in [5.74, 6) is 0. The second-order valence-corrected chi connectivity index (χ2v) is 3.24. The van der Waals surface area contributed by atoms with Crippen LogP contribution in [-0.4, -0.2) is 22.5 Å². The summed E-state index contributed by atoms with van der Waals surface area (Å²) >= 11 is 2.99. The van der Waals surface area contributed by atoms with Gasteiger partial charge < -0.3 is 19.7 Å². The maximum Gasteiger partial charge on any atom is 0.511 e. The first kappa shape index (κ1) is 11.7. The highest BCUT2D eigenvalue weighted by atomic mass is 127. The van der Waals surface area contributed by atoms with Gasteiger partial charge in [0.25, 0.3) is 0 Å². The van der Waals surface area contributed by atoms with Gasteiger partial charge in [-0.15, -0.1) is 0 Å². The van der Waals surface area contributed by atoms with Crippen LogP contribution in [0.15, 0.2) is 7.53 Å². The van der Waals surface area contributed by atoms with Crippen molar-refractivity contribution >= 4 is 57.5 Å². The third-order valence-corrected chi connectivity index (χ3v) is 2.96. The van der Waals surface area contributed by atoms with Crippen molar-refractivity contribution in [2.75, 3.05) is 0 Å². The quantitative estimate of drug-likeness (QED) is 0.420. The lowest BCUT2D eigenvalue weighted by atomic mass is 11.0. The van der Waals surface area contributed by atoms with Gasteiger partial charge in [-0.1, -0.05) is 0 Å². The van der Waals surface area contributed by atoms with Crippen LogP contribution in [0.25, 0.3) is 0 Å². The van der Waals surface area contributed by atoms with Crippen molar-refractivity contribution in [3.05, 3.63) is 7.53 Å². The highest BCUT2D eigenvalue weighted by Crippen LogP contribution is 2.21. The molecule has 0 radical (unpaired) electrons. The smallest absolute Gasteiger partial charge is 0.449 e. The number of hydrogen-bond acceptors (Lipinski definition) is 4. The minimum atomic E-state index is -1.53. The van der Waals surface area contributed by atoms with Crippen LogP contribution in [0.3, 0.4) is 0 Å². The Morgan fingerprint density at radius 2 is 1.17 bits per heavy atom. The molecule has 0 heterocycles. The predicted molar refractivity (Wildman–Crippen MR) is 53.3 cm³/mol. The average molecular weight is 400 g/mol. The van der Waals surface area contributed by atoms with Gasteiger partial charge >= 0.3 is 12.3 Å². The molecule has 0 aromatic carbocycles. The summed E-state index contributed by atoms with van der Waals surface area (Å²) in [6.07, 6.45) is -3.05. The SMILES string of the molecule is O=C(O)O/C(I)=C(\I)OC(=O)O. The normalized spacial score (nSPS) is 11.5.